The zero-order valence-electron chi connectivity index (χ0n) is 17.6. The second-order valence-electron chi connectivity index (χ2n) is 7.52. The number of benzene rings is 2. The van der Waals surface area contributed by atoms with Crippen molar-refractivity contribution in [2.45, 2.75) is 37.6 Å². The standard InChI is InChI=1S/C22H28N4O4S/c1-17-10-11-19(14-20(17)31(29,30)26-12-6-3-7-13-26)23-16-21(27)25-22(28)24-15-18-8-4-2-5-9-18/h2,4-5,8-11,14,23H,3,6-7,12-13,15-16H2,1H3,(H2,24,25,27,28). The smallest absolute Gasteiger partial charge is 0.321 e. The van der Waals surface area contributed by atoms with E-state index in [4.69, 9.17) is 0 Å². The number of hydrogen-bond acceptors (Lipinski definition) is 5. The molecule has 0 unspecified atom stereocenters. The Kier molecular flexibility index (Phi) is 7.64. The van der Waals surface area contributed by atoms with Crippen LogP contribution in [-0.2, 0) is 21.4 Å². The van der Waals surface area contributed by atoms with Gasteiger partial charge in [0.25, 0.3) is 0 Å². The molecule has 0 atom stereocenters. The number of amides is 3. The molecule has 2 aromatic carbocycles. The predicted molar refractivity (Wildman–Crippen MR) is 119 cm³/mol. The summed E-state index contributed by atoms with van der Waals surface area (Å²) in [7, 11) is -3.58. The molecule has 1 aliphatic heterocycles. The van der Waals surface area contributed by atoms with E-state index in [9.17, 15) is 18.0 Å². The van der Waals surface area contributed by atoms with E-state index in [2.05, 4.69) is 16.0 Å². The second kappa shape index (κ2) is 10.4. The molecule has 1 fully saturated rings. The number of imide groups is 1. The molecular formula is C22H28N4O4S. The molecular weight excluding hydrogens is 416 g/mol. The van der Waals surface area contributed by atoms with E-state index in [1.807, 2.05) is 30.3 Å². The van der Waals surface area contributed by atoms with Gasteiger partial charge >= 0.3 is 6.03 Å². The lowest BCUT2D eigenvalue weighted by atomic mass is 10.2. The highest BCUT2D eigenvalue weighted by Crippen LogP contribution is 2.25. The maximum Gasteiger partial charge on any atom is 0.321 e. The first-order valence-corrected chi connectivity index (χ1v) is 11.8. The van der Waals surface area contributed by atoms with Gasteiger partial charge in [-0.2, -0.15) is 4.31 Å². The highest BCUT2D eigenvalue weighted by atomic mass is 32.2. The number of nitrogens with one attached hydrogen (secondary N) is 3. The third-order valence-corrected chi connectivity index (χ3v) is 7.16. The molecule has 0 bridgehead atoms. The largest absolute Gasteiger partial charge is 0.376 e. The van der Waals surface area contributed by atoms with Crippen LogP contribution in [0.15, 0.2) is 53.4 Å². The maximum atomic E-state index is 13.0. The zero-order valence-corrected chi connectivity index (χ0v) is 18.4. The van der Waals surface area contributed by atoms with Crippen LogP contribution in [0.3, 0.4) is 0 Å². The Bertz CT molecular complexity index is 1020. The number of carbonyl (C=O) groups excluding carboxylic acids is 2. The predicted octanol–water partition coefficient (Wildman–Crippen LogP) is 2.61. The van der Waals surface area contributed by atoms with Crippen molar-refractivity contribution in [3.63, 3.8) is 0 Å². The summed E-state index contributed by atoms with van der Waals surface area (Å²) < 4.78 is 27.5. The number of aryl methyl sites for hydroxylation is 1. The van der Waals surface area contributed by atoms with Crippen molar-refractivity contribution in [3.8, 4) is 0 Å². The molecule has 3 amide bonds. The van der Waals surface area contributed by atoms with Crippen LogP contribution in [0, 0.1) is 6.92 Å². The average Bonchev–Trinajstić information content (AvgIpc) is 2.78. The molecule has 166 valence electrons. The van der Waals surface area contributed by atoms with Crippen LogP contribution in [0.2, 0.25) is 0 Å². The summed E-state index contributed by atoms with van der Waals surface area (Å²) >= 11 is 0. The van der Waals surface area contributed by atoms with Crippen molar-refractivity contribution < 1.29 is 18.0 Å². The summed E-state index contributed by atoms with van der Waals surface area (Å²) in [6.07, 6.45) is 2.77. The molecule has 1 heterocycles. The summed E-state index contributed by atoms with van der Waals surface area (Å²) in [5.74, 6) is -0.522. The van der Waals surface area contributed by atoms with Gasteiger partial charge in [0.15, 0.2) is 0 Å². The summed E-state index contributed by atoms with van der Waals surface area (Å²) in [6.45, 7) is 2.96. The van der Waals surface area contributed by atoms with Crippen LogP contribution in [-0.4, -0.2) is 44.3 Å². The number of carbonyl (C=O) groups is 2. The monoisotopic (exact) mass is 444 g/mol. The molecule has 0 aliphatic carbocycles. The van der Waals surface area contributed by atoms with Crippen molar-refractivity contribution in [3.05, 3.63) is 59.7 Å². The molecule has 1 aliphatic rings. The lowest BCUT2D eigenvalue weighted by molar-refractivity contribution is -0.118. The third kappa shape index (κ3) is 6.28. The summed E-state index contributed by atoms with van der Waals surface area (Å²) in [5, 5.41) is 7.76. The van der Waals surface area contributed by atoms with Gasteiger partial charge in [-0.15, -0.1) is 0 Å². The topological polar surface area (TPSA) is 108 Å². The van der Waals surface area contributed by atoms with Gasteiger partial charge in [0.1, 0.15) is 0 Å². The van der Waals surface area contributed by atoms with Gasteiger partial charge in [0.05, 0.1) is 11.4 Å². The summed E-state index contributed by atoms with van der Waals surface area (Å²) in [6, 6.07) is 13.7. The molecule has 0 radical (unpaired) electrons. The Balaban J connectivity index is 1.54. The first-order valence-electron chi connectivity index (χ1n) is 10.3. The van der Waals surface area contributed by atoms with Crippen LogP contribution >= 0.6 is 0 Å². The van der Waals surface area contributed by atoms with E-state index in [1.54, 1.807) is 25.1 Å². The first-order chi connectivity index (χ1) is 14.9. The fourth-order valence-electron chi connectivity index (χ4n) is 3.41. The van der Waals surface area contributed by atoms with Crippen LogP contribution in [0.25, 0.3) is 0 Å². The number of hydrogen-bond donors (Lipinski definition) is 3. The lowest BCUT2D eigenvalue weighted by Crippen LogP contribution is -2.41. The van der Waals surface area contributed by atoms with E-state index in [1.165, 1.54) is 4.31 Å². The van der Waals surface area contributed by atoms with E-state index in [0.717, 1.165) is 24.8 Å². The molecule has 0 aromatic heterocycles. The second-order valence-corrected chi connectivity index (χ2v) is 9.42. The number of rotatable bonds is 7. The molecule has 3 N–H and O–H groups in total. The fraction of sp³-hybridized carbons (Fsp3) is 0.364. The lowest BCUT2D eigenvalue weighted by Gasteiger charge is -2.26. The van der Waals surface area contributed by atoms with E-state index < -0.39 is 22.0 Å². The van der Waals surface area contributed by atoms with Gasteiger partial charge < -0.3 is 10.6 Å². The van der Waals surface area contributed by atoms with E-state index in [0.29, 0.717) is 30.9 Å². The first kappa shape index (κ1) is 22.8. The number of anilines is 1. The van der Waals surface area contributed by atoms with E-state index >= 15 is 0 Å². The maximum absolute atomic E-state index is 13.0. The molecule has 1 saturated heterocycles. The highest BCUT2D eigenvalue weighted by Gasteiger charge is 2.27. The minimum atomic E-state index is -3.58. The molecule has 0 saturated carbocycles. The molecule has 2 aromatic rings. The van der Waals surface area contributed by atoms with E-state index in [-0.39, 0.29) is 11.4 Å². The van der Waals surface area contributed by atoms with Gasteiger partial charge in [-0.3, -0.25) is 10.1 Å². The summed E-state index contributed by atoms with van der Waals surface area (Å²) in [4.78, 5) is 24.2. The van der Waals surface area contributed by atoms with Gasteiger partial charge in [-0.25, -0.2) is 13.2 Å². The molecule has 8 nitrogen and oxygen atoms in total. The Morgan fingerprint density at radius 3 is 2.42 bits per heavy atom. The highest BCUT2D eigenvalue weighted by molar-refractivity contribution is 7.89. The molecule has 31 heavy (non-hydrogen) atoms. The zero-order chi connectivity index (χ0) is 22.3. The molecule has 0 spiro atoms. The van der Waals surface area contributed by atoms with Crippen molar-refractivity contribution in [1.29, 1.82) is 0 Å². The van der Waals surface area contributed by atoms with Crippen molar-refractivity contribution in [1.82, 2.24) is 14.9 Å². The van der Waals surface area contributed by atoms with Gasteiger partial charge in [0, 0.05) is 25.3 Å². The Morgan fingerprint density at radius 1 is 1.00 bits per heavy atom. The number of urea groups is 1. The van der Waals surface area contributed by atoms with Crippen LogP contribution < -0.4 is 16.0 Å². The normalized spacial score (nSPS) is 14.6. The number of nitrogens with zero attached hydrogens (tertiary/aromatic N) is 1. The minimum Gasteiger partial charge on any atom is -0.376 e. The fourth-order valence-corrected chi connectivity index (χ4v) is 5.18. The number of sulfonamides is 1. The minimum absolute atomic E-state index is 0.162. The van der Waals surface area contributed by atoms with Gasteiger partial charge in [0.2, 0.25) is 15.9 Å². The quantitative estimate of drug-likeness (QED) is 0.608. The number of piperidine rings is 1. The molecule has 9 heteroatoms. The van der Waals surface area contributed by atoms with Crippen molar-refractivity contribution >= 4 is 27.6 Å². The van der Waals surface area contributed by atoms with Crippen LogP contribution in [0.4, 0.5) is 10.5 Å². The summed E-state index contributed by atoms with van der Waals surface area (Å²) in [5.41, 5.74) is 2.08. The molecule has 3 rings (SSSR count). The van der Waals surface area contributed by atoms with Gasteiger partial charge in [-0.1, -0.05) is 42.8 Å². The Hall–Kier alpha value is -2.91. The SMILES string of the molecule is Cc1ccc(NCC(=O)NC(=O)NCc2ccccc2)cc1S(=O)(=O)N1CCCCC1. The Labute approximate surface area is 183 Å². The van der Waals surface area contributed by atoms with Crippen LogP contribution in [0.1, 0.15) is 30.4 Å². The average molecular weight is 445 g/mol. The van der Waals surface area contributed by atoms with Crippen molar-refractivity contribution in [2.75, 3.05) is 25.0 Å². The van der Waals surface area contributed by atoms with Crippen molar-refractivity contribution in [2.24, 2.45) is 0 Å². The third-order valence-electron chi connectivity index (χ3n) is 5.12. The van der Waals surface area contributed by atoms with Crippen LogP contribution in [0.5, 0.6) is 0 Å². The Morgan fingerprint density at radius 2 is 1.71 bits per heavy atom. The van der Waals surface area contributed by atoms with Gasteiger partial charge in [-0.05, 0) is 43.0 Å².